The Morgan fingerprint density at radius 3 is 2.56 bits per heavy atom. The number of methoxy groups -OCH3 is 2. The molecular weight excluding hydrogens is 356 g/mol. The molecule has 9 heteroatoms. The molecule has 0 saturated heterocycles. The second-order valence-electron chi connectivity index (χ2n) is 5.48. The van der Waals surface area contributed by atoms with Gasteiger partial charge in [0.2, 0.25) is 5.82 Å². The highest BCUT2D eigenvalue weighted by Gasteiger charge is 2.26. The van der Waals surface area contributed by atoms with E-state index in [4.69, 9.17) is 9.47 Å². The van der Waals surface area contributed by atoms with Gasteiger partial charge in [-0.2, -0.15) is 14.0 Å². The number of nitrogens with one attached hydrogen (secondary N) is 2. The average Bonchev–Trinajstić information content (AvgIpc) is 3.21. The maximum Gasteiger partial charge on any atom is 0.343 e. The molecule has 0 amide bonds. The van der Waals surface area contributed by atoms with Crippen LogP contribution >= 0.6 is 0 Å². The highest BCUT2D eigenvalue weighted by Crippen LogP contribution is 2.31. The molecule has 0 aliphatic carbocycles. The summed E-state index contributed by atoms with van der Waals surface area (Å²) in [6, 6.07) is 8.09. The standard InChI is InChI=1S/C18H17F2N5O2/c1-26-15-8-7-12(11-16(15)27-2)9-10-18(19,20)21-14-6-4-3-5-13(14)17-22-24-25-23-17/h3-11,21H,1-2H3,(H,22,23,24,25)/b10-9+. The molecule has 3 aromatic rings. The number of rotatable bonds is 7. The van der Waals surface area contributed by atoms with Crippen molar-refractivity contribution in [2.24, 2.45) is 0 Å². The van der Waals surface area contributed by atoms with Crippen LogP contribution in [0.5, 0.6) is 11.5 Å². The van der Waals surface area contributed by atoms with Crippen molar-refractivity contribution < 1.29 is 18.3 Å². The fraction of sp³-hybridized carbons (Fsp3) is 0.167. The Bertz CT molecular complexity index is 929. The first-order valence-electron chi connectivity index (χ1n) is 7.92. The number of aromatic nitrogens is 4. The Morgan fingerprint density at radius 1 is 1.07 bits per heavy atom. The smallest absolute Gasteiger partial charge is 0.343 e. The number of hydrogen-bond donors (Lipinski definition) is 2. The van der Waals surface area contributed by atoms with E-state index in [-0.39, 0.29) is 11.5 Å². The summed E-state index contributed by atoms with van der Waals surface area (Å²) in [7, 11) is 2.99. The summed E-state index contributed by atoms with van der Waals surface area (Å²) in [6.07, 6.45) is 2.06. The molecule has 2 N–H and O–H groups in total. The van der Waals surface area contributed by atoms with E-state index < -0.39 is 6.05 Å². The molecule has 0 aliphatic heterocycles. The van der Waals surface area contributed by atoms with Crippen molar-refractivity contribution in [1.82, 2.24) is 20.6 Å². The zero-order chi connectivity index (χ0) is 19.3. The fourth-order valence-electron chi connectivity index (χ4n) is 2.44. The molecule has 3 rings (SSSR count). The van der Waals surface area contributed by atoms with E-state index in [0.29, 0.717) is 22.6 Å². The number of alkyl halides is 2. The van der Waals surface area contributed by atoms with Crippen LogP contribution in [0.2, 0.25) is 0 Å². The first-order valence-corrected chi connectivity index (χ1v) is 7.92. The molecule has 0 fully saturated rings. The second kappa shape index (κ2) is 7.81. The fourth-order valence-corrected chi connectivity index (χ4v) is 2.44. The first kappa shape index (κ1) is 18.3. The minimum absolute atomic E-state index is 0.181. The van der Waals surface area contributed by atoms with Gasteiger partial charge in [0.05, 0.1) is 19.9 Å². The van der Waals surface area contributed by atoms with E-state index in [1.807, 2.05) is 0 Å². The molecule has 27 heavy (non-hydrogen) atoms. The number of hydrogen-bond acceptors (Lipinski definition) is 6. The number of nitrogens with zero attached hydrogens (tertiary/aromatic N) is 3. The van der Waals surface area contributed by atoms with Crippen molar-refractivity contribution in [3.63, 3.8) is 0 Å². The Balaban J connectivity index is 1.81. The zero-order valence-corrected chi connectivity index (χ0v) is 14.6. The molecule has 0 atom stereocenters. The monoisotopic (exact) mass is 373 g/mol. The first-order chi connectivity index (χ1) is 13.0. The lowest BCUT2D eigenvalue weighted by molar-refractivity contribution is 0.0890. The Kier molecular flexibility index (Phi) is 5.30. The van der Waals surface area contributed by atoms with Crippen molar-refractivity contribution in [2.45, 2.75) is 6.05 Å². The van der Waals surface area contributed by atoms with Gasteiger partial charge >= 0.3 is 6.05 Å². The van der Waals surface area contributed by atoms with E-state index in [2.05, 4.69) is 25.9 Å². The molecule has 0 spiro atoms. The van der Waals surface area contributed by atoms with Gasteiger partial charge in [-0.25, -0.2) is 0 Å². The number of benzene rings is 2. The van der Waals surface area contributed by atoms with Crippen LogP contribution in [0.4, 0.5) is 14.5 Å². The van der Waals surface area contributed by atoms with E-state index >= 15 is 0 Å². The molecule has 0 aliphatic rings. The summed E-state index contributed by atoms with van der Waals surface area (Å²) in [5.41, 5.74) is 1.13. The van der Waals surface area contributed by atoms with Crippen LogP contribution in [-0.4, -0.2) is 40.9 Å². The zero-order valence-electron chi connectivity index (χ0n) is 14.6. The third-order valence-corrected chi connectivity index (χ3v) is 3.71. The van der Waals surface area contributed by atoms with Gasteiger partial charge in [-0.15, -0.1) is 10.2 Å². The lowest BCUT2D eigenvalue weighted by Gasteiger charge is -2.17. The predicted molar refractivity (Wildman–Crippen MR) is 96.8 cm³/mol. The van der Waals surface area contributed by atoms with Gasteiger partial charge in [0, 0.05) is 11.6 Å². The average molecular weight is 373 g/mol. The summed E-state index contributed by atoms with van der Waals surface area (Å²) in [4.78, 5) is 0. The lowest BCUT2D eigenvalue weighted by atomic mass is 10.1. The van der Waals surface area contributed by atoms with Gasteiger partial charge in [0.15, 0.2) is 11.5 Å². The minimum Gasteiger partial charge on any atom is -0.493 e. The molecule has 0 saturated carbocycles. The van der Waals surface area contributed by atoms with Crippen LogP contribution in [0.1, 0.15) is 5.56 Å². The number of para-hydroxylation sites is 1. The Morgan fingerprint density at radius 2 is 1.85 bits per heavy atom. The number of anilines is 1. The molecule has 0 radical (unpaired) electrons. The van der Waals surface area contributed by atoms with Gasteiger partial charge in [0.1, 0.15) is 0 Å². The van der Waals surface area contributed by atoms with E-state index in [1.165, 1.54) is 26.4 Å². The molecule has 140 valence electrons. The maximum absolute atomic E-state index is 14.4. The van der Waals surface area contributed by atoms with Crippen LogP contribution in [0.3, 0.4) is 0 Å². The Hall–Kier alpha value is -3.49. The molecule has 1 heterocycles. The van der Waals surface area contributed by atoms with Crippen LogP contribution < -0.4 is 14.8 Å². The maximum atomic E-state index is 14.4. The largest absolute Gasteiger partial charge is 0.493 e. The van der Waals surface area contributed by atoms with Crippen molar-refractivity contribution in [2.75, 3.05) is 19.5 Å². The lowest BCUT2D eigenvalue weighted by Crippen LogP contribution is -2.24. The topological polar surface area (TPSA) is 85.0 Å². The number of halogens is 2. The summed E-state index contributed by atoms with van der Waals surface area (Å²) in [5.74, 6) is 1.20. The molecule has 2 aromatic carbocycles. The van der Waals surface area contributed by atoms with E-state index in [9.17, 15) is 8.78 Å². The van der Waals surface area contributed by atoms with Crippen molar-refractivity contribution in [3.05, 3.63) is 54.1 Å². The SMILES string of the molecule is COc1ccc(/C=C/C(F)(F)Nc2ccccc2-c2nn[nH]n2)cc1OC. The van der Waals surface area contributed by atoms with E-state index in [0.717, 1.165) is 6.08 Å². The van der Waals surface area contributed by atoms with Crippen molar-refractivity contribution in [1.29, 1.82) is 0 Å². The Labute approximate surface area is 154 Å². The van der Waals surface area contributed by atoms with Crippen LogP contribution in [0.25, 0.3) is 17.5 Å². The van der Waals surface area contributed by atoms with Crippen LogP contribution in [0.15, 0.2) is 48.5 Å². The van der Waals surface area contributed by atoms with Gasteiger partial charge in [-0.3, -0.25) is 0 Å². The molecule has 0 bridgehead atoms. The number of ether oxygens (including phenoxy) is 2. The quantitative estimate of drug-likeness (QED) is 0.616. The highest BCUT2D eigenvalue weighted by atomic mass is 19.3. The van der Waals surface area contributed by atoms with Gasteiger partial charge in [-0.05, 0) is 35.0 Å². The van der Waals surface area contributed by atoms with Crippen LogP contribution in [0, 0.1) is 0 Å². The third kappa shape index (κ3) is 4.38. The third-order valence-electron chi connectivity index (χ3n) is 3.71. The van der Waals surface area contributed by atoms with Gasteiger partial charge in [-0.1, -0.05) is 24.3 Å². The molecule has 1 aromatic heterocycles. The normalized spacial score (nSPS) is 11.6. The molecular formula is C18H17F2N5O2. The summed E-state index contributed by atoms with van der Waals surface area (Å²) in [6.45, 7) is 0. The molecule has 7 nitrogen and oxygen atoms in total. The van der Waals surface area contributed by atoms with Crippen LogP contribution in [-0.2, 0) is 0 Å². The van der Waals surface area contributed by atoms with E-state index in [1.54, 1.807) is 36.4 Å². The highest BCUT2D eigenvalue weighted by molar-refractivity contribution is 5.73. The second-order valence-corrected chi connectivity index (χ2v) is 5.48. The summed E-state index contributed by atoms with van der Waals surface area (Å²) in [5, 5.41) is 15.6. The van der Waals surface area contributed by atoms with Crippen molar-refractivity contribution >= 4 is 11.8 Å². The molecule has 0 unspecified atom stereocenters. The minimum atomic E-state index is -3.31. The van der Waals surface area contributed by atoms with Gasteiger partial charge in [0.25, 0.3) is 0 Å². The number of tetrazole rings is 1. The summed E-state index contributed by atoms with van der Waals surface area (Å²) < 4.78 is 39.2. The predicted octanol–water partition coefficient (Wildman–Crippen LogP) is 3.60. The number of aromatic amines is 1. The number of H-pyrrole nitrogens is 1. The summed E-state index contributed by atoms with van der Waals surface area (Å²) >= 11 is 0. The van der Waals surface area contributed by atoms with Gasteiger partial charge < -0.3 is 14.8 Å². The van der Waals surface area contributed by atoms with Crippen molar-refractivity contribution in [3.8, 4) is 22.9 Å².